The van der Waals surface area contributed by atoms with E-state index in [1.807, 2.05) is 12.1 Å². The molecular formula is C8H8Cl2OS2. The zero-order chi connectivity index (χ0) is 9.68. The van der Waals surface area contributed by atoms with Gasteiger partial charge in [-0.2, -0.15) is 0 Å². The average molecular weight is 255 g/mol. The standard InChI is InChI=1S/C8H8Cl2OS2/c9-4-12-6-1-2-8(13-5-10)7(11)3-6/h1-3,11H,4-5H2. The molecule has 0 aliphatic carbocycles. The summed E-state index contributed by atoms with van der Waals surface area (Å²) >= 11 is 14.0. The molecule has 0 spiro atoms. The van der Waals surface area contributed by atoms with Gasteiger partial charge in [0.1, 0.15) is 5.75 Å². The fourth-order valence-corrected chi connectivity index (χ4v) is 2.54. The zero-order valence-electron chi connectivity index (χ0n) is 6.67. The number of halogens is 2. The lowest BCUT2D eigenvalue weighted by molar-refractivity contribution is 0.461. The van der Waals surface area contributed by atoms with Crippen molar-refractivity contribution >= 4 is 46.7 Å². The van der Waals surface area contributed by atoms with Gasteiger partial charge in [0.15, 0.2) is 0 Å². The number of hydrogen-bond acceptors (Lipinski definition) is 3. The molecule has 0 heterocycles. The van der Waals surface area contributed by atoms with Crippen LogP contribution in [-0.4, -0.2) is 15.5 Å². The molecule has 0 saturated carbocycles. The van der Waals surface area contributed by atoms with Crippen LogP contribution in [0, 0.1) is 0 Å². The maximum Gasteiger partial charge on any atom is 0.130 e. The van der Waals surface area contributed by atoms with E-state index < -0.39 is 0 Å². The summed E-state index contributed by atoms with van der Waals surface area (Å²) in [5.41, 5.74) is 0. The van der Waals surface area contributed by atoms with Crippen molar-refractivity contribution in [2.45, 2.75) is 9.79 Å². The number of phenols is 1. The first-order chi connectivity index (χ1) is 6.27. The molecular weight excluding hydrogens is 247 g/mol. The topological polar surface area (TPSA) is 20.2 Å². The Labute approximate surface area is 95.8 Å². The molecule has 5 heteroatoms. The zero-order valence-corrected chi connectivity index (χ0v) is 9.81. The Hall–Kier alpha value is 0.300. The molecule has 0 unspecified atom stereocenters. The largest absolute Gasteiger partial charge is 0.507 e. The SMILES string of the molecule is Oc1cc(SCCl)ccc1SCCl. The molecule has 13 heavy (non-hydrogen) atoms. The van der Waals surface area contributed by atoms with Gasteiger partial charge in [0.05, 0.1) is 15.3 Å². The van der Waals surface area contributed by atoms with Crippen molar-refractivity contribution in [1.82, 2.24) is 0 Å². The van der Waals surface area contributed by atoms with Crippen molar-refractivity contribution in [2.24, 2.45) is 0 Å². The van der Waals surface area contributed by atoms with Gasteiger partial charge in [-0.25, -0.2) is 0 Å². The van der Waals surface area contributed by atoms with E-state index in [-0.39, 0.29) is 5.75 Å². The minimum atomic E-state index is 0.265. The molecule has 0 saturated heterocycles. The van der Waals surface area contributed by atoms with E-state index in [0.717, 1.165) is 9.79 Å². The molecule has 1 aromatic carbocycles. The summed E-state index contributed by atoms with van der Waals surface area (Å²) in [6.07, 6.45) is 0. The fourth-order valence-electron chi connectivity index (χ4n) is 0.831. The highest BCUT2D eigenvalue weighted by Gasteiger charge is 2.02. The second kappa shape index (κ2) is 5.91. The molecule has 1 aromatic rings. The highest BCUT2D eigenvalue weighted by molar-refractivity contribution is 8.00. The van der Waals surface area contributed by atoms with Gasteiger partial charge in [-0.15, -0.1) is 46.7 Å². The van der Waals surface area contributed by atoms with E-state index in [1.54, 1.807) is 6.07 Å². The summed E-state index contributed by atoms with van der Waals surface area (Å²) in [7, 11) is 0. The van der Waals surface area contributed by atoms with Crippen LogP contribution in [0.2, 0.25) is 0 Å². The lowest BCUT2D eigenvalue weighted by Gasteiger charge is -2.03. The average Bonchev–Trinajstić information content (AvgIpc) is 2.10. The summed E-state index contributed by atoms with van der Waals surface area (Å²) in [6.45, 7) is 0. The monoisotopic (exact) mass is 254 g/mol. The number of benzene rings is 1. The predicted molar refractivity (Wildman–Crippen MR) is 61.3 cm³/mol. The maximum absolute atomic E-state index is 9.51. The maximum atomic E-state index is 9.51. The molecule has 1 N–H and O–H groups in total. The molecule has 0 radical (unpaired) electrons. The fraction of sp³-hybridized carbons (Fsp3) is 0.250. The Kier molecular flexibility index (Phi) is 5.17. The molecule has 0 fully saturated rings. The van der Waals surface area contributed by atoms with Crippen LogP contribution in [-0.2, 0) is 0 Å². The number of phenolic OH excluding ortho intramolecular Hbond substituents is 1. The molecule has 0 atom stereocenters. The van der Waals surface area contributed by atoms with E-state index in [2.05, 4.69) is 0 Å². The quantitative estimate of drug-likeness (QED) is 0.649. The number of thioether (sulfide) groups is 2. The Bertz CT molecular complexity index is 281. The normalized spacial score (nSPS) is 10.3. The summed E-state index contributed by atoms with van der Waals surface area (Å²) in [5.74, 6) is 0.265. The summed E-state index contributed by atoms with van der Waals surface area (Å²) in [6, 6.07) is 5.46. The van der Waals surface area contributed by atoms with Crippen LogP contribution in [0.3, 0.4) is 0 Å². The van der Waals surface area contributed by atoms with E-state index in [0.29, 0.717) is 10.4 Å². The van der Waals surface area contributed by atoms with Crippen LogP contribution < -0.4 is 0 Å². The third-order valence-corrected chi connectivity index (χ3v) is 3.48. The van der Waals surface area contributed by atoms with Crippen molar-refractivity contribution in [3.63, 3.8) is 0 Å². The minimum absolute atomic E-state index is 0.265. The molecule has 0 aliphatic rings. The van der Waals surface area contributed by atoms with Gasteiger partial charge in [0.2, 0.25) is 0 Å². The van der Waals surface area contributed by atoms with Gasteiger partial charge in [-0.3, -0.25) is 0 Å². The Balaban J connectivity index is 2.79. The van der Waals surface area contributed by atoms with Gasteiger partial charge in [0.25, 0.3) is 0 Å². The highest BCUT2D eigenvalue weighted by Crippen LogP contribution is 2.32. The Morgan fingerprint density at radius 1 is 1.15 bits per heavy atom. The second-order valence-corrected chi connectivity index (χ2v) is 5.37. The summed E-state index contributed by atoms with van der Waals surface area (Å²) in [5, 5.41) is 10.4. The first-order valence-corrected chi connectivity index (χ1v) is 6.52. The van der Waals surface area contributed by atoms with Gasteiger partial charge >= 0.3 is 0 Å². The lowest BCUT2D eigenvalue weighted by Crippen LogP contribution is -1.76. The third-order valence-electron chi connectivity index (χ3n) is 1.36. The molecule has 1 rings (SSSR count). The van der Waals surface area contributed by atoms with Gasteiger partial charge in [-0.1, -0.05) is 0 Å². The van der Waals surface area contributed by atoms with Gasteiger partial charge in [-0.05, 0) is 18.2 Å². The van der Waals surface area contributed by atoms with Crippen LogP contribution in [0.4, 0.5) is 0 Å². The van der Waals surface area contributed by atoms with Crippen molar-refractivity contribution in [3.05, 3.63) is 18.2 Å². The van der Waals surface area contributed by atoms with E-state index >= 15 is 0 Å². The van der Waals surface area contributed by atoms with Crippen LogP contribution >= 0.6 is 46.7 Å². The molecule has 0 aromatic heterocycles. The summed E-state index contributed by atoms with van der Waals surface area (Å²) < 4.78 is 0. The van der Waals surface area contributed by atoms with Gasteiger partial charge < -0.3 is 5.11 Å². The van der Waals surface area contributed by atoms with E-state index in [4.69, 9.17) is 23.2 Å². The molecule has 0 aliphatic heterocycles. The van der Waals surface area contributed by atoms with Crippen LogP contribution in [0.15, 0.2) is 28.0 Å². The van der Waals surface area contributed by atoms with Crippen LogP contribution in [0.5, 0.6) is 5.75 Å². The highest BCUT2D eigenvalue weighted by atomic mass is 35.5. The van der Waals surface area contributed by atoms with Crippen molar-refractivity contribution in [2.75, 3.05) is 10.4 Å². The van der Waals surface area contributed by atoms with Crippen LogP contribution in [0.25, 0.3) is 0 Å². The first kappa shape index (κ1) is 11.4. The van der Waals surface area contributed by atoms with Gasteiger partial charge in [0, 0.05) is 4.90 Å². The molecule has 0 bridgehead atoms. The number of hydrogen-bond donors (Lipinski definition) is 1. The predicted octanol–water partition coefficient (Wildman–Crippen LogP) is 3.97. The van der Waals surface area contributed by atoms with Crippen molar-refractivity contribution < 1.29 is 5.11 Å². The third kappa shape index (κ3) is 3.50. The lowest BCUT2D eigenvalue weighted by atomic mass is 10.3. The Morgan fingerprint density at radius 3 is 2.38 bits per heavy atom. The second-order valence-electron chi connectivity index (χ2n) is 2.14. The van der Waals surface area contributed by atoms with Crippen molar-refractivity contribution in [1.29, 1.82) is 0 Å². The summed E-state index contributed by atoms with van der Waals surface area (Å²) in [4.78, 5) is 1.76. The molecule has 0 amide bonds. The van der Waals surface area contributed by atoms with Crippen LogP contribution in [0.1, 0.15) is 0 Å². The number of rotatable bonds is 4. The van der Waals surface area contributed by atoms with E-state index in [9.17, 15) is 5.11 Å². The Morgan fingerprint density at radius 2 is 1.85 bits per heavy atom. The smallest absolute Gasteiger partial charge is 0.130 e. The minimum Gasteiger partial charge on any atom is -0.507 e. The van der Waals surface area contributed by atoms with Crippen molar-refractivity contribution in [3.8, 4) is 5.75 Å². The first-order valence-electron chi connectivity index (χ1n) is 3.48. The number of aromatic hydroxyl groups is 1. The molecule has 72 valence electrons. The van der Waals surface area contributed by atoms with E-state index in [1.165, 1.54) is 23.5 Å². The molecule has 1 nitrogen and oxygen atoms in total. The number of alkyl halides is 2.